The molecular weight excluding hydrogens is 290 g/mol. The molecule has 0 aromatic carbocycles. The lowest BCUT2D eigenvalue weighted by molar-refractivity contribution is 0.0895. The highest BCUT2D eigenvalue weighted by atomic mass is 35.5. The van der Waals surface area contributed by atoms with E-state index in [1.807, 2.05) is 4.68 Å². The summed E-state index contributed by atoms with van der Waals surface area (Å²) in [4.78, 5) is 12.2. The average molecular weight is 316 g/mol. The van der Waals surface area contributed by atoms with Crippen LogP contribution in [0.25, 0.3) is 0 Å². The smallest absolute Gasteiger partial charge is 0.273 e. The van der Waals surface area contributed by atoms with Gasteiger partial charge in [0.2, 0.25) is 0 Å². The van der Waals surface area contributed by atoms with Gasteiger partial charge in [0, 0.05) is 5.54 Å². The van der Waals surface area contributed by atoms with Crippen LogP contribution >= 0.6 is 12.4 Å². The largest absolute Gasteiger partial charge is 0.345 e. The summed E-state index contributed by atoms with van der Waals surface area (Å²) >= 11 is 0. The molecule has 1 aliphatic rings. The minimum atomic E-state index is -0.171. The summed E-state index contributed by atoms with van der Waals surface area (Å²) in [6.07, 6.45) is 5.64. The van der Waals surface area contributed by atoms with Crippen LogP contribution in [-0.2, 0) is 0 Å². The van der Waals surface area contributed by atoms with E-state index in [1.165, 1.54) is 0 Å². The Balaban J connectivity index is 0.00000220. The molecule has 21 heavy (non-hydrogen) atoms. The molecule has 0 aliphatic carbocycles. The molecule has 0 saturated carbocycles. The van der Waals surface area contributed by atoms with Gasteiger partial charge in [-0.15, -0.1) is 17.5 Å². The van der Waals surface area contributed by atoms with Gasteiger partial charge in [-0.2, -0.15) is 0 Å². The Bertz CT molecular complexity index is 452. The van der Waals surface area contributed by atoms with Gasteiger partial charge in [0.15, 0.2) is 5.69 Å². The molecule has 1 amide bonds. The molecule has 0 spiro atoms. The van der Waals surface area contributed by atoms with E-state index in [1.54, 1.807) is 6.20 Å². The van der Waals surface area contributed by atoms with Gasteiger partial charge < -0.3 is 10.6 Å². The zero-order valence-corrected chi connectivity index (χ0v) is 13.9. The van der Waals surface area contributed by atoms with Crippen LogP contribution in [0.1, 0.15) is 63.0 Å². The highest BCUT2D eigenvalue weighted by Gasteiger charge is 2.25. The van der Waals surface area contributed by atoms with Gasteiger partial charge in [0.1, 0.15) is 0 Å². The fraction of sp³-hybridized carbons (Fsp3) is 0.786. The van der Waals surface area contributed by atoms with Crippen molar-refractivity contribution in [2.45, 2.75) is 58.0 Å². The highest BCUT2D eigenvalue weighted by molar-refractivity contribution is 5.92. The minimum absolute atomic E-state index is 0. The molecule has 2 rings (SSSR count). The predicted molar refractivity (Wildman–Crippen MR) is 84.9 cm³/mol. The van der Waals surface area contributed by atoms with Crippen molar-refractivity contribution >= 4 is 18.3 Å². The molecule has 1 aliphatic heterocycles. The van der Waals surface area contributed by atoms with E-state index in [-0.39, 0.29) is 23.9 Å². The summed E-state index contributed by atoms with van der Waals surface area (Å²) < 4.78 is 1.84. The molecule has 0 atom stereocenters. The molecular formula is C14H26ClN5O. The van der Waals surface area contributed by atoms with Crippen LogP contribution in [0.15, 0.2) is 6.20 Å². The van der Waals surface area contributed by atoms with Crippen molar-refractivity contribution in [2.24, 2.45) is 0 Å². The molecule has 1 saturated heterocycles. The van der Waals surface area contributed by atoms with Gasteiger partial charge in [-0.25, -0.2) is 4.68 Å². The van der Waals surface area contributed by atoms with Crippen LogP contribution in [0.4, 0.5) is 0 Å². The van der Waals surface area contributed by atoms with Gasteiger partial charge in [-0.05, 0) is 45.7 Å². The molecule has 0 bridgehead atoms. The number of nitrogens with one attached hydrogen (secondary N) is 2. The monoisotopic (exact) mass is 315 g/mol. The van der Waals surface area contributed by atoms with Crippen molar-refractivity contribution in [3.8, 4) is 0 Å². The second-order valence-electron chi connectivity index (χ2n) is 5.79. The van der Waals surface area contributed by atoms with Crippen molar-refractivity contribution < 1.29 is 4.79 Å². The van der Waals surface area contributed by atoms with Crippen LogP contribution in [-0.4, -0.2) is 39.5 Å². The quantitative estimate of drug-likeness (QED) is 0.871. The highest BCUT2D eigenvalue weighted by Crippen LogP contribution is 2.18. The molecule has 6 nitrogen and oxygen atoms in total. The third-order valence-corrected chi connectivity index (χ3v) is 4.40. The minimum Gasteiger partial charge on any atom is -0.345 e. The standard InChI is InChI=1S/C14H25N5O.ClH/c1-4-14(3,5-2)16-13(20)12-10-19(18-17-12)11-6-8-15-9-7-11;/h10-11,15H,4-9H2,1-3H3,(H,16,20);1H. The van der Waals surface area contributed by atoms with Gasteiger partial charge in [0.05, 0.1) is 12.2 Å². The lowest BCUT2D eigenvalue weighted by atomic mass is 9.95. The molecule has 2 N–H and O–H groups in total. The Kier molecular flexibility index (Phi) is 6.61. The Morgan fingerprint density at radius 3 is 2.62 bits per heavy atom. The van der Waals surface area contributed by atoms with Crippen molar-refractivity contribution in [3.63, 3.8) is 0 Å². The number of piperidine rings is 1. The summed E-state index contributed by atoms with van der Waals surface area (Å²) in [5.41, 5.74) is 0.243. The first kappa shape index (κ1) is 17.9. The maximum Gasteiger partial charge on any atom is 0.273 e. The fourth-order valence-electron chi connectivity index (χ4n) is 2.40. The van der Waals surface area contributed by atoms with Crippen LogP contribution < -0.4 is 10.6 Å². The summed E-state index contributed by atoms with van der Waals surface area (Å²) in [5.74, 6) is -0.128. The number of halogens is 1. The van der Waals surface area contributed by atoms with Gasteiger partial charge in [-0.3, -0.25) is 4.79 Å². The van der Waals surface area contributed by atoms with Gasteiger partial charge in [-0.1, -0.05) is 19.1 Å². The number of rotatable bonds is 5. The number of hydrogen-bond donors (Lipinski definition) is 2. The molecule has 1 aromatic heterocycles. The van der Waals surface area contributed by atoms with E-state index >= 15 is 0 Å². The first-order valence-electron chi connectivity index (χ1n) is 7.53. The normalized spacial score (nSPS) is 16.3. The van der Waals surface area contributed by atoms with Crippen molar-refractivity contribution in [3.05, 3.63) is 11.9 Å². The van der Waals surface area contributed by atoms with E-state index in [2.05, 4.69) is 41.7 Å². The Morgan fingerprint density at radius 2 is 2.05 bits per heavy atom. The second-order valence-corrected chi connectivity index (χ2v) is 5.79. The van der Waals surface area contributed by atoms with Crippen LogP contribution in [0.3, 0.4) is 0 Å². The lowest BCUT2D eigenvalue weighted by Gasteiger charge is -2.27. The van der Waals surface area contributed by atoms with Crippen molar-refractivity contribution in [1.29, 1.82) is 0 Å². The third kappa shape index (κ3) is 4.41. The van der Waals surface area contributed by atoms with E-state index in [0.29, 0.717) is 11.7 Å². The predicted octanol–water partition coefficient (Wildman–Crippen LogP) is 1.93. The molecule has 120 valence electrons. The first-order chi connectivity index (χ1) is 9.58. The van der Waals surface area contributed by atoms with E-state index in [9.17, 15) is 4.79 Å². The van der Waals surface area contributed by atoms with Crippen LogP contribution in [0, 0.1) is 0 Å². The molecule has 1 fully saturated rings. The maximum atomic E-state index is 12.2. The number of aromatic nitrogens is 3. The summed E-state index contributed by atoms with van der Waals surface area (Å²) in [7, 11) is 0. The number of carbonyl (C=O) groups excluding carboxylic acids is 1. The Labute approximate surface area is 132 Å². The molecule has 0 unspecified atom stereocenters. The van der Waals surface area contributed by atoms with Crippen molar-refractivity contribution in [1.82, 2.24) is 25.6 Å². The molecule has 2 heterocycles. The zero-order chi connectivity index (χ0) is 14.6. The van der Waals surface area contributed by atoms with Crippen molar-refractivity contribution in [2.75, 3.05) is 13.1 Å². The maximum absolute atomic E-state index is 12.2. The second kappa shape index (κ2) is 7.75. The van der Waals surface area contributed by atoms with Crippen LogP contribution in [0.2, 0.25) is 0 Å². The van der Waals surface area contributed by atoms with Gasteiger partial charge >= 0.3 is 0 Å². The number of nitrogens with zero attached hydrogens (tertiary/aromatic N) is 3. The van der Waals surface area contributed by atoms with E-state index in [4.69, 9.17) is 0 Å². The number of amides is 1. The molecule has 0 radical (unpaired) electrons. The fourth-order valence-corrected chi connectivity index (χ4v) is 2.40. The SMILES string of the molecule is CCC(C)(CC)NC(=O)c1cn(C2CCNCC2)nn1.Cl. The number of hydrogen-bond acceptors (Lipinski definition) is 4. The Morgan fingerprint density at radius 1 is 1.43 bits per heavy atom. The Hall–Kier alpha value is -1.14. The number of carbonyl (C=O) groups is 1. The lowest BCUT2D eigenvalue weighted by Crippen LogP contribution is -2.45. The van der Waals surface area contributed by atoms with Crippen LogP contribution in [0.5, 0.6) is 0 Å². The zero-order valence-electron chi connectivity index (χ0n) is 13.1. The van der Waals surface area contributed by atoms with E-state index < -0.39 is 0 Å². The summed E-state index contributed by atoms with van der Waals surface area (Å²) in [5, 5.41) is 14.5. The molecule has 7 heteroatoms. The average Bonchev–Trinajstić information content (AvgIpc) is 2.98. The van der Waals surface area contributed by atoms with E-state index in [0.717, 1.165) is 38.8 Å². The topological polar surface area (TPSA) is 71.8 Å². The van der Waals surface area contributed by atoms with Gasteiger partial charge in [0.25, 0.3) is 5.91 Å². The summed E-state index contributed by atoms with van der Waals surface area (Å²) in [6, 6.07) is 0.356. The third-order valence-electron chi connectivity index (χ3n) is 4.40. The molecule has 1 aromatic rings. The first-order valence-corrected chi connectivity index (χ1v) is 7.53. The summed E-state index contributed by atoms with van der Waals surface area (Å²) in [6.45, 7) is 8.21.